The second-order valence-electron chi connectivity index (χ2n) is 6.08. The van der Waals surface area contributed by atoms with E-state index in [1.165, 1.54) is 5.56 Å². The van der Waals surface area contributed by atoms with Gasteiger partial charge in [-0.15, -0.1) is 0 Å². The molecule has 0 heterocycles. The van der Waals surface area contributed by atoms with E-state index in [1.54, 1.807) is 0 Å². The molecule has 0 radical (unpaired) electrons. The van der Waals surface area contributed by atoms with Crippen LogP contribution >= 0.6 is 0 Å². The van der Waals surface area contributed by atoms with E-state index in [1.807, 2.05) is 49.4 Å². The number of halogens is 2. The number of hydrogen-bond donors (Lipinski definition) is 0. The second-order valence-corrected chi connectivity index (χ2v) is 6.08. The van der Waals surface area contributed by atoms with Crippen molar-refractivity contribution in [2.24, 2.45) is 5.92 Å². The molecular formula is C20H20F2. The Bertz CT molecular complexity index is 669. The number of rotatable bonds is 4. The van der Waals surface area contributed by atoms with E-state index in [2.05, 4.69) is 12.1 Å². The highest BCUT2D eigenvalue weighted by molar-refractivity contribution is 5.41. The molecular weight excluding hydrogens is 278 g/mol. The van der Waals surface area contributed by atoms with E-state index >= 15 is 0 Å². The third-order valence-corrected chi connectivity index (χ3v) is 4.74. The summed E-state index contributed by atoms with van der Waals surface area (Å²) < 4.78 is 26.8. The van der Waals surface area contributed by atoms with Crippen LogP contribution in [0.1, 0.15) is 35.4 Å². The summed E-state index contributed by atoms with van der Waals surface area (Å²) >= 11 is 0. The van der Waals surface area contributed by atoms with Crippen molar-refractivity contribution in [3.8, 4) is 0 Å². The average molecular weight is 298 g/mol. The lowest BCUT2D eigenvalue weighted by atomic mass is 9.64. The highest BCUT2D eigenvalue weighted by Gasteiger charge is 2.39. The first-order valence-corrected chi connectivity index (χ1v) is 7.81. The zero-order valence-electron chi connectivity index (χ0n) is 12.7. The maximum atomic E-state index is 13.4. The van der Waals surface area contributed by atoms with Crippen LogP contribution in [-0.2, 0) is 6.42 Å². The molecule has 0 N–H and O–H groups in total. The molecule has 2 aromatic rings. The molecule has 0 aromatic heterocycles. The Morgan fingerprint density at radius 1 is 1.00 bits per heavy atom. The summed E-state index contributed by atoms with van der Waals surface area (Å²) in [5.41, 5.74) is 3.75. The van der Waals surface area contributed by atoms with Crippen LogP contribution in [-0.4, -0.2) is 0 Å². The van der Waals surface area contributed by atoms with Crippen LogP contribution in [0.15, 0.2) is 66.3 Å². The van der Waals surface area contributed by atoms with Crippen molar-refractivity contribution in [2.75, 3.05) is 0 Å². The monoisotopic (exact) mass is 298 g/mol. The van der Waals surface area contributed by atoms with Crippen LogP contribution in [0.25, 0.3) is 0 Å². The average Bonchev–Trinajstić information content (AvgIpc) is 2.48. The molecule has 0 saturated heterocycles. The molecule has 1 fully saturated rings. The first kappa shape index (κ1) is 15.0. The highest BCUT2D eigenvalue weighted by atomic mass is 19.3. The highest BCUT2D eigenvalue weighted by Crippen LogP contribution is 2.51. The number of benzene rings is 2. The molecule has 0 unspecified atom stereocenters. The van der Waals surface area contributed by atoms with Crippen molar-refractivity contribution in [2.45, 2.75) is 32.1 Å². The van der Waals surface area contributed by atoms with E-state index in [-0.39, 0.29) is 11.8 Å². The molecule has 0 aliphatic heterocycles. The van der Waals surface area contributed by atoms with E-state index in [9.17, 15) is 8.78 Å². The van der Waals surface area contributed by atoms with Gasteiger partial charge in [-0.25, -0.2) is 0 Å². The minimum atomic E-state index is -1.47. The van der Waals surface area contributed by atoms with Gasteiger partial charge in [-0.1, -0.05) is 54.6 Å². The van der Waals surface area contributed by atoms with E-state index in [0.717, 1.165) is 30.4 Å². The van der Waals surface area contributed by atoms with E-state index < -0.39 is 6.08 Å². The van der Waals surface area contributed by atoms with E-state index in [4.69, 9.17) is 0 Å². The first-order chi connectivity index (χ1) is 10.7. The Labute approximate surface area is 130 Å². The molecule has 2 aromatic carbocycles. The third kappa shape index (κ3) is 2.96. The predicted octanol–water partition coefficient (Wildman–Crippen LogP) is 5.88. The molecule has 2 atom stereocenters. The van der Waals surface area contributed by atoms with E-state index in [0.29, 0.717) is 5.57 Å². The minimum Gasteiger partial charge on any atom is -0.173 e. The Morgan fingerprint density at radius 3 is 2.36 bits per heavy atom. The third-order valence-electron chi connectivity index (χ3n) is 4.74. The van der Waals surface area contributed by atoms with Gasteiger partial charge in [0.05, 0.1) is 0 Å². The molecule has 22 heavy (non-hydrogen) atoms. The summed E-state index contributed by atoms with van der Waals surface area (Å²) in [4.78, 5) is 0. The van der Waals surface area contributed by atoms with Crippen LogP contribution in [0.3, 0.4) is 0 Å². The van der Waals surface area contributed by atoms with Gasteiger partial charge in [0, 0.05) is 11.5 Å². The molecule has 0 bridgehead atoms. The number of aryl methyl sites for hydroxylation is 2. The van der Waals surface area contributed by atoms with Gasteiger partial charge in [0.2, 0.25) is 0 Å². The molecule has 2 heteroatoms. The second kappa shape index (κ2) is 6.43. The van der Waals surface area contributed by atoms with Gasteiger partial charge in [0.25, 0.3) is 6.08 Å². The van der Waals surface area contributed by atoms with Crippen LogP contribution < -0.4 is 0 Å². The van der Waals surface area contributed by atoms with Crippen molar-refractivity contribution in [1.29, 1.82) is 0 Å². The van der Waals surface area contributed by atoms with Crippen molar-refractivity contribution in [3.05, 3.63) is 82.9 Å². The smallest absolute Gasteiger partial charge is 0.173 e. The topological polar surface area (TPSA) is 0 Å². The predicted molar refractivity (Wildman–Crippen MR) is 86.0 cm³/mol. The molecule has 1 saturated carbocycles. The maximum absolute atomic E-state index is 13.4. The summed E-state index contributed by atoms with van der Waals surface area (Å²) in [5, 5.41) is 0. The molecule has 0 amide bonds. The van der Waals surface area contributed by atoms with Crippen LogP contribution in [0, 0.1) is 12.8 Å². The van der Waals surface area contributed by atoms with Gasteiger partial charge in [-0.05, 0) is 48.8 Å². The zero-order valence-corrected chi connectivity index (χ0v) is 12.7. The molecule has 114 valence electrons. The van der Waals surface area contributed by atoms with Crippen molar-refractivity contribution >= 4 is 0 Å². The Kier molecular flexibility index (Phi) is 4.37. The van der Waals surface area contributed by atoms with Gasteiger partial charge in [0.1, 0.15) is 0 Å². The lowest BCUT2D eigenvalue weighted by molar-refractivity contribution is 0.302. The normalized spacial score (nSPS) is 20.6. The summed E-state index contributed by atoms with van der Waals surface area (Å²) in [6, 6.07) is 18.0. The summed E-state index contributed by atoms with van der Waals surface area (Å²) in [6.45, 7) is 2.00. The van der Waals surface area contributed by atoms with Crippen molar-refractivity contribution in [3.63, 3.8) is 0 Å². The quantitative estimate of drug-likeness (QED) is 0.661. The lowest BCUT2D eigenvalue weighted by Gasteiger charge is -2.39. The fourth-order valence-electron chi connectivity index (χ4n) is 3.48. The van der Waals surface area contributed by atoms with Gasteiger partial charge >= 0.3 is 0 Å². The fraction of sp³-hybridized carbons (Fsp3) is 0.300. The van der Waals surface area contributed by atoms with Crippen LogP contribution in [0.2, 0.25) is 0 Å². The van der Waals surface area contributed by atoms with Gasteiger partial charge in [0.15, 0.2) is 0 Å². The molecule has 1 aliphatic carbocycles. The van der Waals surface area contributed by atoms with Gasteiger partial charge < -0.3 is 0 Å². The van der Waals surface area contributed by atoms with Gasteiger partial charge in [-0.3, -0.25) is 0 Å². The summed E-state index contributed by atoms with van der Waals surface area (Å²) in [7, 11) is 0. The van der Waals surface area contributed by atoms with Crippen molar-refractivity contribution < 1.29 is 8.78 Å². The molecule has 3 rings (SSSR count). The summed E-state index contributed by atoms with van der Waals surface area (Å²) in [6.07, 6.45) is 1.03. The Hall–Kier alpha value is -1.96. The molecule has 0 nitrogen and oxygen atoms in total. The lowest BCUT2D eigenvalue weighted by Crippen LogP contribution is -2.27. The standard InChI is InChI=1S/C20H20F2/c1-14-7-5-6-10-17(14)18-13-16(19(18)20(21)22)12-11-15-8-3-2-4-9-15/h2-10,16,18H,11-13H2,1H3/t16-,18-/m0/s1. The Balaban J connectivity index is 1.71. The Morgan fingerprint density at radius 2 is 1.68 bits per heavy atom. The summed E-state index contributed by atoms with van der Waals surface area (Å²) in [5.74, 6) is -0.0678. The van der Waals surface area contributed by atoms with Crippen LogP contribution in [0.4, 0.5) is 8.78 Å². The zero-order chi connectivity index (χ0) is 15.5. The number of allylic oxidation sites excluding steroid dienone is 1. The first-order valence-electron chi connectivity index (χ1n) is 7.81. The van der Waals surface area contributed by atoms with Crippen molar-refractivity contribution in [1.82, 2.24) is 0 Å². The fourth-order valence-corrected chi connectivity index (χ4v) is 3.48. The SMILES string of the molecule is Cc1ccccc1[C@@H]1C[C@H](CCc2ccccc2)C1=C(F)F. The molecule has 0 spiro atoms. The minimum absolute atomic E-state index is 0.0230. The largest absolute Gasteiger partial charge is 0.270 e. The number of hydrogen-bond acceptors (Lipinski definition) is 0. The maximum Gasteiger partial charge on any atom is 0.270 e. The molecule has 1 aliphatic rings. The van der Waals surface area contributed by atoms with Crippen LogP contribution in [0.5, 0.6) is 0 Å². The van der Waals surface area contributed by atoms with Gasteiger partial charge in [-0.2, -0.15) is 8.78 Å².